The van der Waals surface area contributed by atoms with Gasteiger partial charge in [0, 0.05) is 18.8 Å². The zero-order valence-corrected chi connectivity index (χ0v) is 10.1. The number of nitrogens with zero attached hydrogens (tertiary/aromatic N) is 5. The molecular formula is C10H10N6O4. The van der Waals surface area contributed by atoms with Crippen molar-refractivity contribution in [3.05, 3.63) is 40.3 Å². The summed E-state index contributed by atoms with van der Waals surface area (Å²) in [5, 5.41) is 29.8. The Hall–Kier alpha value is -3.04. The lowest BCUT2D eigenvalue weighted by Crippen LogP contribution is -2.14. The molecule has 10 nitrogen and oxygen atoms in total. The predicted octanol–water partition coefficient (Wildman–Crippen LogP) is 0.392. The Balaban J connectivity index is 2.10. The minimum atomic E-state index is -1.29. The number of anilines is 1. The van der Waals surface area contributed by atoms with E-state index in [4.69, 9.17) is 5.11 Å². The number of aromatic carboxylic acids is 1. The average molecular weight is 278 g/mol. The van der Waals surface area contributed by atoms with E-state index in [2.05, 4.69) is 20.6 Å². The molecule has 0 radical (unpaired) electrons. The van der Waals surface area contributed by atoms with Crippen molar-refractivity contribution in [1.29, 1.82) is 0 Å². The van der Waals surface area contributed by atoms with Crippen molar-refractivity contribution in [3.63, 3.8) is 0 Å². The topological polar surface area (TPSA) is 136 Å². The first-order valence-electron chi connectivity index (χ1n) is 5.53. The third kappa shape index (κ3) is 3.04. The van der Waals surface area contributed by atoms with Gasteiger partial charge in [0.05, 0.1) is 17.7 Å². The highest BCUT2D eigenvalue weighted by Gasteiger charge is 2.17. The van der Waals surface area contributed by atoms with Crippen LogP contribution in [0.1, 0.15) is 10.4 Å². The maximum absolute atomic E-state index is 11.1. The number of rotatable bonds is 6. The van der Waals surface area contributed by atoms with Gasteiger partial charge in [0.2, 0.25) is 0 Å². The number of hydrogen-bond acceptors (Lipinski definition) is 7. The number of carboxylic acids is 1. The first kappa shape index (κ1) is 13.4. The Morgan fingerprint density at radius 2 is 2.35 bits per heavy atom. The molecule has 0 amide bonds. The first-order valence-corrected chi connectivity index (χ1v) is 5.53. The number of nitrogens with one attached hydrogen (secondary N) is 1. The van der Waals surface area contributed by atoms with Crippen LogP contribution in [0.5, 0.6) is 0 Å². The van der Waals surface area contributed by atoms with Gasteiger partial charge < -0.3 is 10.4 Å². The Morgan fingerprint density at radius 3 is 2.95 bits per heavy atom. The molecule has 104 valence electrons. The summed E-state index contributed by atoms with van der Waals surface area (Å²) in [5.74, 6) is -1.22. The second kappa shape index (κ2) is 5.73. The molecule has 0 spiro atoms. The molecule has 0 unspecified atom stereocenters. The van der Waals surface area contributed by atoms with Crippen LogP contribution in [0, 0.1) is 10.1 Å². The van der Waals surface area contributed by atoms with Gasteiger partial charge in [-0.05, 0) is 0 Å². The van der Waals surface area contributed by atoms with Crippen LogP contribution in [0.15, 0.2) is 24.7 Å². The van der Waals surface area contributed by atoms with Gasteiger partial charge in [-0.1, -0.05) is 5.21 Å². The molecule has 20 heavy (non-hydrogen) atoms. The van der Waals surface area contributed by atoms with Crippen molar-refractivity contribution in [2.24, 2.45) is 0 Å². The molecule has 0 bridgehead atoms. The summed E-state index contributed by atoms with van der Waals surface area (Å²) < 4.78 is 1.55. The Bertz CT molecular complexity index is 627. The van der Waals surface area contributed by atoms with E-state index in [-0.39, 0.29) is 17.1 Å². The lowest BCUT2D eigenvalue weighted by atomic mass is 10.2. The van der Waals surface area contributed by atoms with Crippen molar-refractivity contribution in [3.8, 4) is 0 Å². The van der Waals surface area contributed by atoms with Crippen molar-refractivity contribution >= 4 is 17.5 Å². The van der Waals surface area contributed by atoms with E-state index in [9.17, 15) is 14.9 Å². The molecule has 0 saturated heterocycles. The van der Waals surface area contributed by atoms with E-state index in [1.54, 1.807) is 10.9 Å². The predicted molar refractivity (Wildman–Crippen MR) is 66.4 cm³/mol. The Morgan fingerprint density at radius 1 is 1.55 bits per heavy atom. The van der Waals surface area contributed by atoms with Crippen LogP contribution in [0.4, 0.5) is 11.5 Å². The quantitative estimate of drug-likeness (QED) is 0.572. The van der Waals surface area contributed by atoms with Gasteiger partial charge in [-0.15, -0.1) is 5.10 Å². The van der Waals surface area contributed by atoms with Gasteiger partial charge in [0.15, 0.2) is 0 Å². The summed E-state index contributed by atoms with van der Waals surface area (Å²) in [6.45, 7) is 0.812. The Kier molecular flexibility index (Phi) is 3.84. The molecule has 0 aliphatic carbocycles. The van der Waals surface area contributed by atoms with Gasteiger partial charge in [0.25, 0.3) is 5.69 Å². The molecule has 0 atom stereocenters. The maximum Gasteiger partial charge on any atom is 0.339 e. The molecule has 0 aromatic carbocycles. The Labute approximate surface area is 112 Å². The number of carboxylic acid groups (broad SMARTS) is 1. The van der Waals surface area contributed by atoms with Gasteiger partial charge >= 0.3 is 5.97 Å². The second-order valence-electron chi connectivity index (χ2n) is 3.74. The van der Waals surface area contributed by atoms with Crippen LogP contribution in [0.3, 0.4) is 0 Å². The molecule has 2 aromatic heterocycles. The van der Waals surface area contributed by atoms with Crippen LogP contribution in [0.25, 0.3) is 0 Å². The number of carbonyl (C=O) groups is 1. The molecule has 2 rings (SSSR count). The lowest BCUT2D eigenvalue weighted by Gasteiger charge is -2.08. The van der Waals surface area contributed by atoms with Gasteiger partial charge in [-0.2, -0.15) is 0 Å². The third-order valence-corrected chi connectivity index (χ3v) is 2.42. The van der Waals surface area contributed by atoms with Crippen LogP contribution in [-0.2, 0) is 6.54 Å². The van der Waals surface area contributed by atoms with Crippen molar-refractivity contribution < 1.29 is 14.8 Å². The molecule has 2 heterocycles. The lowest BCUT2D eigenvalue weighted by molar-refractivity contribution is -0.385. The van der Waals surface area contributed by atoms with E-state index in [1.807, 2.05) is 0 Å². The summed E-state index contributed by atoms with van der Waals surface area (Å²) in [4.78, 5) is 24.7. The summed E-state index contributed by atoms with van der Waals surface area (Å²) in [6, 6.07) is 0.965. The monoisotopic (exact) mass is 278 g/mol. The van der Waals surface area contributed by atoms with E-state index >= 15 is 0 Å². The SMILES string of the molecule is O=C(O)c1cc([N+](=O)[O-])cnc1NCCn1ccnn1. The van der Waals surface area contributed by atoms with Crippen molar-refractivity contribution in [2.45, 2.75) is 6.54 Å². The highest BCUT2D eigenvalue weighted by molar-refractivity contribution is 5.93. The van der Waals surface area contributed by atoms with E-state index in [1.165, 1.54) is 6.20 Å². The van der Waals surface area contributed by atoms with E-state index in [0.29, 0.717) is 13.1 Å². The fourth-order valence-electron chi connectivity index (χ4n) is 1.50. The van der Waals surface area contributed by atoms with Crippen molar-refractivity contribution in [2.75, 3.05) is 11.9 Å². The third-order valence-electron chi connectivity index (χ3n) is 2.42. The van der Waals surface area contributed by atoms with Crippen LogP contribution in [-0.4, -0.2) is 42.5 Å². The summed E-state index contributed by atoms with van der Waals surface area (Å²) in [7, 11) is 0. The van der Waals surface area contributed by atoms with E-state index in [0.717, 1.165) is 12.3 Å². The summed E-state index contributed by atoms with van der Waals surface area (Å²) in [6.07, 6.45) is 4.18. The molecule has 0 fully saturated rings. The fraction of sp³-hybridized carbons (Fsp3) is 0.200. The van der Waals surface area contributed by atoms with Gasteiger partial charge in [-0.25, -0.2) is 9.78 Å². The average Bonchev–Trinajstić information content (AvgIpc) is 2.91. The normalized spacial score (nSPS) is 10.2. The molecule has 0 saturated carbocycles. The molecule has 10 heteroatoms. The highest BCUT2D eigenvalue weighted by atomic mass is 16.6. The highest BCUT2D eigenvalue weighted by Crippen LogP contribution is 2.18. The zero-order chi connectivity index (χ0) is 14.5. The molecule has 0 aliphatic rings. The smallest absolute Gasteiger partial charge is 0.339 e. The second-order valence-corrected chi connectivity index (χ2v) is 3.74. The minimum absolute atomic E-state index is 0.0724. The number of hydrogen-bond donors (Lipinski definition) is 2. The summed E-state index contributed by atoms with van der Waals surface area (Å²) in [5.41, 5.74) is -0.623. The summed E-state index contributed by atoms with van der Waals surface area (Å²) >= 11 is 0. The van der Waals surface area contributed by atoms with Crippen LogP contribution < -0.4 is 5.32 Å². The molecular weight excluding hydrogens is 268 g/mol. The largest absolute Gasteiger partial charge is 0.478 e. The first-order chi connectivity index (χ1) is 9.58. The standard InChI is InChI=1S/C10H10N6O4/c17-10(18)8-5-7(16(19)20)6-12-9(8)11-1-3-15-4-2-13-14-15/h2,4-6H,1,3H2,(H,11,12)(H,17,18). The van der Waals surface area contributed by atoms with Crippen LogP contribution in [0.2, 0.25) is 0 Å². The van der Waals surface area contributed by atoms with Gasteiger partial charge in [-0.3, -0.25) is 14.8 Å². The molecule has 0 aliphatic heterocycles. The van der Waals surface area contributed by atoms with E-state index < -0.39 is 10.9 Å². The molecule has 2 N–H and O–H groups in total. The number of nitro groups is 1. The molecule has 2 aromatic rings. The fourth-order valence-corrected chi connectivity index (χ4v) is 1.50. The maximum atomic E-state index is 11.1. The van der Waals surface area contributed by atoms with Crippen LogP contribution >= 0.6 is 0 Å². The number of aromatic nitrogens is 4. The van der Waals surface area contributed by atoms with Gasteiger partial charge in [0.1, 0.15) is 17.6 Å². The zero-order valence-electron chi connectivity index (χ0n) is 10.1. The van der Waals surface area contributed by atoms with Crippen molar-refractivity contribution in [1.82, 2.24) is 20.0 Å². The minimum Gasteiger partial charge on any atom is -0.478 e. The number of pyridine rings is 1.